The minimum Gasteiger partial charge on any atom is -0.473 e. The number of hydrogen-bond acceptors (Lipinski definition) is 5. The van der Waals surface area contributed by atoms with Crippen molar-refractivity contribution in [3.8, 4) is 11.6 Å². The van der Waals surface area contributed by atoms with Gasteiger partial charge in [0.15, 0.2) is 5.75 Å². The summed E-state index contributed by atoms with van der Waals surface area (Å²) in [4.78, 5) is 12.3. The molecule has 1 aromatic carbocycles. The Balaban J connectivity index is 1.76. The predicted molar refractivity (Wildman–Crippen MR) is 112 cm³/mol. The maximum Gasteiger partial charge on any atom is 0.412 e. The van der Waals surface area contributed by atoms with E-state index >= 15 is 0 Å². The number of carbonyl (C=O) groups excluding carboxylic acids is 1. The van der Waals surface area contributed by atoms with Gasteiger partial charge in [0.05, 0.1) is 5.56 Å². The van der Waals surface area contributed by atoms with Gasteiger partial charge in [0.2, 0.25) is 5.88 Å². The molecule has 0 aliphatic rings. The van der Waals surface area contributed by atoms with E-state index < -0.39 is 23.3 Å². The Bertz CT molecular complexity index is 1060. The molecule has 0 saturated heterocycles. The van der Waals surface area contributed by atoms with Crippen LogP contribution in [0.1, 0.15) is 37.9 Å². The molecule has 7 nitrogen and oxygen atoms in total. The van der Waals surface area contributed by atoms with Gasteiger partial charge >= 0.3 is 6.09 Å². The van der Waals surface area contributed by atoms with E-state index in [1.165, 1.54) is 10.6 Å². The topological polar surface area (TPSA) is 90.9 Å². The monoisotopic (exact) mass is 432 g/mol. The number of carbonyl (C=O) groups is 1. The SMILES string of the molecule is CCCC(C)(N)CNC(=O)Oc1c(C)nn2c(OCc3c(F)cccc3F)cccc12. The molecule has 2 aromatic heterocycles. The number of nitrogens with one attached hydrogen (secondary N) is 1. The first-order chi connectivity index (χ1) is 14.7. The number of aromatic nitrogens is 2. The van der Waals surface area contributed by atoms with Gasteiger partial charge in [-0.15, -0.1) is 0 Å². The number of pyridine rings is 1. The third-order valence-corrected chi connectivity index (χ3v) is 4.82. The van der Waals surface area contributed by atoms with Gasteiger partial charge in [-0.05, 0) is 38.5 Å². The van der Waals surface area contributed by atoms with Crippen LogP contribution in [0.15, 0.2) is 36.4 Å². The molecule has 0 spiro atoms. The van der Waals surface area contributed by atoms with Gasteiger partial charge in [-0.2, -0.15) is 9.61 Å². The largest absolute Gasteiger partial charge is 0.473 e. The van der Waals surface area contributed by atoms with Crippen LogP contribution < -0.4 is 20.5 Å². The van der Waals surface area contributed by atoms with Crippen LogP contribution in [0.2, 0.25) is 0 Å². The Morgan fingerprint density at radius 3 is 2.58 bits per heavy atom. The highest BCUT2D eigenvalue weighted by Crippen LogP contribution is 2.28. The number of benzene rings is 1. The number of aryl methyl sites for hydroxylation is 1. The van der Waals surface area contributed by atoms with Crippen LogP contribution in [0.4, 0.5) is 13.6 Å². The lowest BCUT2D eigenvalue weighted by atomic mass is 9.98. The molecular formula is C22H26F2N4O3. The normalized spacial score (nSPS) is 13.1. The Kier molecular flexibility index (Phi) is 6.74. The molecule has 0 fully saturated rings. The summed E-state index contributed by atoms with van der Waals surface area (Å²) in [7, 11) is 0. The number of nitrogens with zero attached hydrogens (tertiary/aromatic N) is 2. The Hall–Kier alpha value is -3.20. The molecule has 0 saturated carbocycles. The molecule has 0 radical (unpaired) electrons. The Labute approximate surface area is 179 Å². The molecule has 1 amide bonds. The van der Waals surface area contributed by atoms with Crippen molar-refractivity contribution in [2.45, 2.75) is 45.8 Å². The zero-order valence-corrected chi connectivity index (χ0v) is 17.7. The summed E-state index contributed by atoms with van der Waals surface area (Å²) in [5.41, 5.74) is 6.34. The number of amides is 1. The molecule has 0 aliphatic heterocycles. The molecule has 3 rings (SSSR count). The second-order valence-electron chi connectivity index (χ2n) is 7.71. The van der Waals surface area contributed by atoms with E-state index in [0.29, 0.717) is 11.2 Å². The van der Waals surface area contributed by atoms with Gasteiger partial charge in [-0.3, -0.25) is 0 Å². The van der Waals surface area contributed by atoms with Crippen molar-refractivity contribution < 1.29 is 23.0 Å². The maximum atomic E-state index is 13.9. The highest BCUT2D eigenvalue weighted by Gasteiger charge is 2.21. The molecule has 1 unspecified atom stereocenters. The van der Waals surface area contributed by atoms with Crippen molar-refractivity contribution in [3.05, 3.63) is 59.3 Å². The summed E-state index contributed by atoms with van der Waals surface area (Å²) in [5, 5.41) is 7.01. The van der Waals surface area contributed by atoms with Crippen molar-refractivity contribution in [2.75, 3.05) is 6.54 Å². The molecular weight excluding hydrogens is 406 g/mol. The van der Waals surface area contributed by atoms with Crippen LogP contribution in [0.3, 0.4) is 0 Å². The second kappa shape index (κ2) is 9.30. The van der Waals surface area contributed by atoms with E-state index in [4.69, 9.17) is 15.2 Å². The zero-order chi connectivity index (χ0) is 22.6. The standard InChI is InChI=1S/C22H26F2N4O3/c1-4-11-22(3,25)13-26-21(29)31-20-14(2)27-28-18(20)9-6-10-19(28)30-12-15-16(23)7-5-8-17(15)24/h5-10H,4,11-13,25H2,1-3H3,(H,26,29). The first-order valence-electron chi connectivity index (χ1n) is 10.0. The quantitative estimate of drug-likeness (QED) is 0.559. The minimum atomic E-state index is -0.695. The lowest BCUT2D eigenvalue weighted by Gasteiger charge is -2.23. The summed E-state index contributed by atoms with van der Waals surface area (Å²) in [6.45, 7) is 5.51. The fraction of sp³-hybridized carbons (Fsp3) is 0.364. The number of halogens is 2. The first-order valence-corrected chi connectivity index (χ1v) is 10.0. The molecule has 3 aromatic rings. The molecule has 2 heterocycles. The fourth-order valence-corrected chi connectivity index (χ4v) is 3.25. The number of rotatable bonds is 8. The smallest absolute Gasteiger partial charge is 0.412 e. The average Bonchev–Trinajstić information content (AvgIpc) is 3.02. The Morgan fingerprint density at radius 1 is 1.23 bits per heavy atom. The van der Waals surface area contributed by atoms with E-state index in [2.05, 4.69) is 10.4 Å². The first kappa shape index (κ1) is 22.5. The molecule has 0 bridgehead atoms. The van der Waals surface area contributed by atoms with Gasteiger partial charge < -0.3 is 20.5 Å². The van der Waals surface area contributed by atoms with Gasteiger partial charge in [0, 0.05) is 18.2 Å². The van der Waals surface area contributed by atoms with Crippen molar-refractivity contribution >= 4 is 11.6 Å². The molecule has 166 valence electrons. The Morgan fingerprint density at radius 2 is 1.90 bits per heavy atom. The van der Waals surface area contributed by atoms with Crippen LogP contribution in [0, 0.1) is 18.6 Å². The van der Waals surface area contributed by atoms with Gasteiger partial charge in [-0.25, -0.2) is 13.6 Å². The molecule has 0 aliphatic carbocycles. The van der Waals surface area contributed by atoms with Gasteiger partial charge in [0.1, 0.15) is 29.5 Å². The second-order valence-corrected chi connectivity index (χ2v) is 7.71. The summed E-state index contributed by atoms with van der Waals surface area (Å²) in [6.07, 6.45) is 1.01. The van der Waals surface area contributed by atoms with Crippen LogP contribution in [-0.2, 0) is 6.61 Å². The molecule has 3 N–H and O–H groups in total. The van der Waals surface area contributed by atoms with Crippen molar-refractivity contribution in [3.63, 3.8) is 0 Å². The zero-order valence-electron chi connectivity index (χ0n) is 17.7. The number of nitrogens with two attached hydrogens (primary N) is 1. The predicted octanol–water partition coefficient (Wildman–Crippen LogP) is 4.11. The molecule has 1 atom stereocenters. The van der Waals surface area contributed by atoms with Crippen LogP contribution in [0.5, 0.6) is 11.6 Å². The third-order valence-electron chi connectivity index (χ3n) is 4.82. The summed E-state index contributed by atoms with van der Waals surface area (Å²) in [6, 6.07) is 8.59. The third kappa shape index (κ3) is 5.29. The minimum absolute atomic E-state index is 0.184. The van der Waals surface area contributed by atoms with E-state index in [0.717, 1.165) is 25.0 Å². The average molecular weight is 432 g/mol. The van der Waals surface area contributed by atoms with E-state index in [-0.39, 0.29) is 30.3 Å². The van der Waals surface area contributed by atoms with Crippen LogP contribution >= 0.6 is 0 Å². The van der Waals surface area contributed by atoms with Gasteiger partial charge in [0.25, 0.3) is 0 Å². The summed E-state index contributed by atoms with van der Waals surface area (Å²) >= 11 is 0. The van der Waals surface area contributed by atoms with Crippen molar-refractivity contribution in [1.82, 2.24) is 14.9 Å². The maximum absolute atomic E-state index is 13.9. The van der Waals surface area contributed by atoms with Crippen molar-refractivity contribution in [1.29, 1.82) is 0 Å². The van der Waals surface area contributed by atoms with Gasteiger partial charge in [-0.1, -0.05) is 25.5 Å². The van der Waals surface area contributed by atoms with E-state index in [1.807, 2.05) is 13.8 Å². The van der Waals surface area contributed by atoms with Crippen molar-refractivity contribution in [2.24, 2.45) is 5.73 Å². The van der Waals surface area contributed by atoms with E-state index in [9.17, 15) is 13.6 Å². The summed E-state index contributed by atoms with van der Waals surface area (Å²) < 4.78 is 40.2. The highest BCUT2D eigenvalue weighted by molar-refractivity contribution is 5.75. The number of ether oxygens (including phenoxy) is 2. The van der Waals surface area contributed by atoms with E-state index in [1.54, 1.807) is 25.1 Å². The fourth-order valence-electron chi connectivity index (χ4n) is 3.25. The lowest BCUT2D eigenvalue weighted by Crippen LogP contribution is -2.48. The van der Waals surface area contributed by atoms with Crippen LogP contribution in [-0.4, -0.2) is 27.8 Å². The number of hydrogen-bond donors (Lipinski definition) is 2. The number of fused-ring (bicyclic) bond motifs is 1. The molecule has 9 heteroatoms. The highest BCUT2D eigenvalue weighted by atomic mass is 19.1. The molecule has 31 heavy (non-hydrogen) atoms. The summed E-state index contributed by atoms with van der Waals surface area (Å²) in [5.74, 6) is -0.885. The lowest BCUT2D eigenvalue weighted by molar-refractivity contribution is 0.197. The van der Waals surface area contributed by atoms with Crippen LogP contribution in [0.25, 0.3) is 5.52 Å².